The van der Waals surface area contributed by atoms with Crippen LogP contribution in [0.25, 0.3) is 11.0 Å². The van der Waals surface area contributed by atoms with E-state index in [1.165, 1.54) is 5.56 Å². The van der Waals surface area contributed by atoms with E-state index in [0.29, 0.717) is 0 Å². The second-order valence-electron chi connectivity index (χ2n) is 4.86. The van der Waals surface area contributed by atoms with Crippen LogP contribution in [-0.2, 0) is 0 Å². The van der Waals surface area contributed by atoms with Crippen LogP contribution < -0.4 is 5.73 Å². The number of rotatable bonds is 2. The molecule has 96 valence electrons. The summed E-state index contributed by atoms with van der Waals surface area (Å²) >= 11 is 0. The lowest BCUT2D eigenvalue weighted by Crippen LogP contribution is -2.08. The van der Waals surface area contributed by atoms with Crippen molar-refractivity contribution in [3.8, 4) is 0 Å². The van der Waals surface area contributed by atoms with Crippen LogP contribution in [-0.4, -0.2) is 9.55 Å². The summed E-state index contributed by atoms with van der Waals surface area (Å²) in [5, 5.41) is 0. The number of anilines is 1. The minimum Gasteiger partial charge on any atom is -0.399 e. The fourth-order valence-electron chi connectivity index (χ4n) is 2.62. The van der Waals surface area contributed by atoms with Crippen molar-refractivity contribution in [2.75, 3.05) is 5.73 Å². The lowest BCUT2D eigenvalue weighted by Gasteiger charge is -2.17. The highest BCUT2D eigenvalue weighted by molar-refractivity contribution is 5.76. The third-order valence-electron chi connectivity index (χ3n) is 3.55. The maximum Gasteiger partial charge on any atom is 0.107 e. The molecule has 0 aliphatic heterocycles. The second-order valence-corrected chi connectivity index (χ2v) is 4.86. The Kier molecular flexibility index (Phi) is 2.75. The summed E-state index contributed by atoms with van der Waals surface area (Å²) in [6, 6.07) is 16.5. The number of fused-ring (bicyclic) bond motifs is 1. The first-order chi connectivity index (χ1) is 9.16. The first kappa shape index (κ1) is 11.8. The molecular formula is C16H17N3. The molecule has 0 radical (unpaired) electrons. The van der Waals surface area contributed by atoms with Gasteiger partial charge in [-0.1, -0.05) is 24.3 Å². The summed E-state index contributed by atoms with van der Waals surface area (Å²) in [4.78, 5) is 4.61. The molecule has 19 heavy (non-hydrogen) atoms. The molecule has 0 spiro atoms. The molecule has 1 unspecified atom stereocenters. The van der Waals surface area contributed by atoms with E-state index < -0.39 is 0 Å². The van der Waals surface area contributed by atoms with Crippen LogP contribution in [0.4, 0.5) is 5.69 Å². The third kappa shape index (κ3) is 1.97. The molecule has 2 aromatic carbocycles. The molecule has 1 heterocycles. The molecule has 0 aliphatic rings. The predicted octanol–water partition coefficient (Wildman–Crippen LogP) is 3.54. The number of benzene rings is 2. The normalized spacial score (nSPS) is 12.7. The van der Waals surface area contributed by atoms with Crippen LogP contribution in [0.1, 0.15) is 24.4 Å². The number of hydrogen-bond acceptors (Lipinski definition) is 2. The molecule has 0 aliphatic carbocycles. The summed E-state index contributed by atoms with van der Waals surface area (Å²) < 4.78 is 2.25. The highest BCUT2D eigenvalue weighted by Crippen LogP contribution is 2.26. The summed E-state index contributed by atoms with van der Waals surface area (Å²) in [6.07, 6.45) is 0. The molecule has 3 rings (SSSR count). The van der Waals surface area contributed by atoms with Crippen molar-refractivity contribution >= 4 is 16.7 Å². The minimum atomic E-state index is 0.218. The number of nitrogen functional groups attached to an aromatic ring is 1. The summed E-state index contributed by atoms with van der Waals surface area (Å²) in [5.41, 5.74) is 10.1. The number of nitrogens with two attached hydrogens (primary N) is 1. The zero-order valence-corrected chi connectivity index (χ0v) is 11.2. The molecule has 0 saturated carbocycles. The molecule has 0 fully saturated rings. The number of para-hydroxylation sites is 2. The quantitative estimate of drug-likeness (QED) is 0.708. The van der Waals surface area contributed by atoms with E-state index in [2.05, 4.69) is 28.6 Å². The molecule has 3 aromatic rings. The third-order valence-corrected chi connectivity index (χ3v) is 3.55. The molecule has 3 heteroatoms. The van der Waals surface area contributed by atoms with E-state index in [1.54, 1.807) is 0 Å². The number of imidazole rings is 1. The van der Waals surface area contributed by atoms with E-state index in [4.69, 9.17) is 5.73 Å². The van der Waals surface area contributed by atoms with Gasteiger partial charge in [-0.15, -0.1) is 0 Å². The van der Waals surface area contributed by atoms with Gasteiger partial charge in [0.05, 0.1) is 17.1 Å². The topological polar surface area (TPSA) is 43.8 Å². The van der Waals surface area contributed by atoms with Crippen molar-refractivity contribution in [2.45, 2.75) is 19.9 Å². The molecule has 3 nitrogen and oxygen atoms in total. The minimum absolute atomic E-state index is 0.218. The molecule has 0 saturated heterocycles. The Morgan fingerprint density at radius 1 is 1.11 bits per heavy atom. The Morgan fingerprint density at radius 2 is 1.89 bits per heavy atom. The first-order valence-electron chi connectivity index (χ1n) is 6.46. The second kappa shape index (κ2) is 4.43. The first-order valence-corrected chi connectivity index (χ1v) is 6.46. The summed E-state index contributed by atoms with van der Waals surface area (Å²) in [7, 11) is 0. The van der Waals surface area contributed by atoms with Gasteiger partial charge in [0.15, 0.2) is 0 Å². The molecule has 2 N–H and O–H groups in total. The molecular weight excluding hydrogens is 234 g/mol. The van der Waals surface area contributed by atoms with Crippen LogP contribution in [0.15, 0.2) is 48.5 Å². The average molecular weight is 251 g/mol. The van der Waals surface area contributed by atoms with Gasteiger partial charge in [-0.2, -0.15) is 0 Å². The van der Waals surface area contributed by atoms with Gasteiger partial charge in [0, 0.05) is 5.69 Å². The smallest absolute Gasteiger partial charge is 0.107 e. The predicted molar refractivity (Wildman–Crippen MR) is 79.1 cm³/mol. The maximum absolute atomic E-state index is 5.88. The van der Waals surface area contributed by atoms with Crippen molar-refractivity contribution in [1.82, 2.24) is 9.55 Å². The van der Waals surface area contributed by atoms with Crippen LogP contribution in [0.3, 0.4) is 0 Å². The summed E-state index contributed by atoms with van der Waals surface area (Å²) in [6.45, 7) is 4.22. The van der Waals surface area contributed by atoms with E-state index >= 15 is 0 Å². The Balaban J connectivity index is 2.16. The molecule has 0 bridgehead atoms. The van der Waals surface area contributed by atoms with E-state index in [1.807, 2.05) is 43.3 Å². The van der Waals surface area contributed by atoms with Gasteiger partial charge in [0.25, 0.3) is 0 Å². The average Bonchev–Trinajstić information content (AvgIpc) is 2.74. The largest absolute Gasteiger partial charge is 0.399 e. The Labute approximate surface area is 112 Å². The zero-order valence-electron chi connectivity index (χ0n) is 11.2. The highest BCUT2D eigenvalue weighted by atomic mass is 15.1. The maximum atomic E-state index is 5.88. The van der Waals surface area contributed by atoms with Gasteiger partial charge in [-0.3, -0.25) is 0 Å². The van der Waals surface area contributed by atoms with Gasteiger partial charge in [0.2, 0.25) is 0 Å². The van der Waals surface area contributed by atoms with Gasteiger partial charge < -0.3 is 10.3 Å². The lowest BCUT2D eigenvalue weighted by molar-refractivity contribution is 0.637. The summed E-state index contributed by atoms with van der Waals surface area (Å²) in [5.74, 6) is 1.02. The standard InChI is InChI=1S/C16H17N3/c1-11(13-6-5-7-14(17)10-13)19-12(2)18-15-8-3-4-9-16(15)19/h3-11H,17H2,1-2H3. The zero-order chi connectivity index (χ0) is 13.4. The molecule has 0 amide bonds. The van der Waals surface area contributed by atoms with E-state index in [0.717, 1.165) is 22.5 Å². The Hall–Kier alpha value is -2.29. The van der Waals surface area contributed by atoms with Crippen molar-refractivity contribution in [1.29, 1.82) is 0 Å². The Bertz CT molecular complexity index is 728. The van der Waals surface area contributed by atoms with Gasteiger partial charge in [-0.05, 0) is 43.7 Å². The highest BCUT2D eigenvalue weighted by Gasteiger charge is 2.14. The SMILES string of the molecule is Cc1nc2ccccc2n1C(C)c1cccc(N)c1. The van der Waals surface area contributed by atoms with Crippen molar-refractivity contribution in [3.63, 3.8) is 0 Å². The lowest BCUT2D eigenvalue weighted by atomic mass is 10.1. The van der Waals surface area contributed by atoms with Gasteiger partial charge in [0.1, 0.15) is 5.82 Å². The van der Waals surface area contributed by atoms with E-state index in [-0.39, 0.29) is 6.04 Å². The molecule has 1 atom stereocenters. The fourth-order valence-corrected chi connectivity index (χ4v) is 2.62. The fraction of sp³-hybridized carbons (Fsp3) is 0.188. The van der Waals surface area contributed by atoms with Crippen LogP contribution in [0.2, 0.25) is 0 Å². The van der Waals surface area contributed by atoms with Gasteiger partial charge in [-0.25, -0.2) is 4.98 Å². The number of nitrogens with zero attached hydrogens (tertiary/aromatic N) is 2. The number of hydrogen-bond donors (Lipinski definition) is 1. The van der Waals surface area contributed by atoms with Crippen molar-refractivity contribution < 1.29 is 0 Å². The van der Waals surface area contributed by atoms with Crippen molar-refractivity contribution in [3.05, 3.63) is 59.9 Å². The van der Waals surface area contributed by atoms with Crippen molar-refractivity contribution in [2.24, 2.45) is 0 Å². The van der Waals surface area contributed by atoms with Gasteiger partial charge >= 0.3 is 0 Å². The van der Waals surface area contributed by atoms with Crippen LogP contribution in [0, 0.1) is 6.92 Å². The van der Waals surface area contributed by atoms with E-state index in [9.17, 15) is 0 Å². The van der Waals surface area contributed by atoms with Crippen LogP contribution >= 0.6 is 0 Å². The van der Waals surface area contributed by atoms with Crippen LogP contribution in [0.5, 0.6) is 0 Å². The Morgan fingerprint density at radius 3 is 2.68 bits per heavy atom. The molecule has 1 aromatic heterocycles. The monoisotopic (exact) mass is 251 g/mol. The number of aryl methyl sites for hydroxylation is 1. The number of aromatic nitrogens is 2.